The minimum atomic E-state index is -3.08. The molecule has 0 aliphatic carbocycles. The lowest BCUT2D eigenvalue weighted by molar-refractivity contribution is 1.18. The fourth-order valence-electron chi connectivity index (χ4n) is 7.55. The fourth-order valence-corrected chi connectivity index (χ4v) is 12.5. The van der Waals surface area contributed by atoms with Crippen molar-refractivity contribution in [1.29, 1.82) is 10.5 Å². The first-order valence-electron chi connectivity index (χ1n) is 16.3. The number of aromatic nitrogens is 1. The molecule has 0 unspecified atom stereocenters. The molecule has 0 N–H and O–H groups in total. The van der Waals surface area contributed by atoms with Gasteiger partial charge in [0.05, 0.1) is 40.9 Å². The maximum absolute atomic E-state index is 10.3. The number of fused-ring (bicyclic) bond motifs is 3. The van der Waals surface area contributed by atoms with Gasteiger partial charge in [-0.1, -0.05) is 133 Å². The van der Waals surface area contributed by atoms with E-state index >= 15 is 0 Å². The van der Waals surface area contributed by atoms with Gasteiger partial charge in [0.2, 0.25) is 5.69 Å². The zero-order valence-corrected chi connectivity index (χ0v) is 28.0. The van der Waals surface area contributed by atoms with Crippen LogP contribution in [0.5, 0.6) is 0 Å². The van der Waals surface area contributed by atoms with Crippen LogP contribution in [0.25, 0.3) is 43.5 Å². The Labute approximate surface area is 291 Å². The minimum absolute atomic E-state index is 0.349. The van der Waals surface area contributed by atoms with Crippen molar-refractivity contribution < 1.29 is 0 Å². The highest BCUT2D eigenvalue weighted by atomic mass is 28.3. The number of para-hydroxylation sites is 1. The number of hydrogen-bond donors (Lipinski definition) is 0. The van der Waals surface area contributed by atoms with E-state index in [1.165, 1.54) is 15.6 Å². The molecule has 5 heteroatoms. The average Bonchev–Trinajstić information content (AvgIpc) is 3.53. The molecule has 1 aromatic heterocycles. The van der Waals surface area contributed by atoms with E-state index in [1.54, 1.807) is 0 Å². The van der Waals surface area contributed by atoms with Crippen molar-refractivity contribution in [3.63, 3.8) is 0 Å². The summed E-state index contributed by atoms with van der Waals surface area (Å²) in [6.07, 6.45) is 0. The lowest BCUT2D eigenvalue weighted by atomic mass is 9.99. The van der Waals surface area contributed by atoms with E-state index in [0.717, 1.165) is 43.8 Å². The summed E-state index contributed by atoms with van der Waals surface area (Å²) >= 11 is 0. The Bertz CT molecular complexity index is 2580. The summed E-state index contributed by atoms with van der Waals surface area (Å²) in [5, 5.41) is 26.7. The van der Waals surface area contributed by atoms with Crippen LogP contribution >= 0.6 is 0 Å². The molecule has 8 rings (SSSR count). The van der Waals surface area contributed by atoms with E-state index in [2.05, 4.69) is 131 Å². The molecule has 0 saturated carbocycles. The minimum Gasteiger partial charge on any atom is -0.309 e. The highest BCUT2D eigenvalue weighted by Gasteiger charge is 2.43. The average molecular weight is 653 g/mol. The molecule has 0 atom stereocenters. The smallest absolute Gasteiger partial charge is 0.212 e. The summed E-state index contributed by atoms with van der Waals surface area (Å²) < 4.78 is 2.22. The third kappa shape index (κ3) is 4.72. The predicted molar refractivity (Wildman–Crippen MR) is 206 cm³/mol. The van der Waals surface area contributed by atoms with Gasteiger partial charge in [-0.05, 0) is 68.3 Å². The van der Waals surface area contributed by atoms with Gasteiger partial charge in [0, 0.05) is 16.5 Å². The Morgan fingerprint density at radius 1 is 0.540 bits per heavy atom. The summed E-state index contributed by atoms with van der Waals surface area (Å²) in [6, 6.07) is 62.7. The molecule has 0 aliphatic heterocycles. The quantitative estimate of drug-likeness (QED) is 0.104. The van der Waals surface area contributed by atoms with E-state index < -0.39 is 8.07 Å². The third-order valence-corrected chi connectivity index (χ3v) is 14.5. The number of benzene rings is 7. The second-order valence-corrected chi connectivity index (χ2v) is 16.0. The molecule has 0 bridgehead atoms. The van der Waals surface area contributed by atoms with Gasteiger partial charge in [-0.15, -0.1) is 0 Å². The second kappa shape index (κ2) is 12.6. The molecule has 1 heterocycles. The predicted octanol–water partition coefficient (Wildman–Crippen LogP) is 8.12. The van der Waals surface area contributed by atoms with Gasteiger partial charge in [0.15, 0.2) is 8.07 Å². The lowest BCUT2D eigenvalue weighted by Crippen LogP contribution is -2.75. The van der Waals surface area contributed by atoms with Gasteiger partial charge >= 0.3 is 0 Å². The van der Waals surface area contributed by atoms with Crippen LogP contribution in [0.15, 0.2) is 170 Å². The molecular formula is C45H28N4Si. The van der Waals surface area contributed by atoms with Gasteiger partial charge in [0.25, 0.3) is 0 Å². The summed E-state index contributed by atoms with van der Waals surface area (Å²) in [4.78, 5) is 4.10. The number of nitrogens with zero attached hydrogens (tertiary/aromatic N) is 4. The van der Waals surface area contributed by atoms with Crippen LogP contribution in [0, 0.1) is 29.2 Å². The number of hydrogen-bond acceptors (Lipinski definition) is 2. The Hall–Kier alpha value is -6.97. The first-order chi connectivity index (χ1) is 24.7. The molecule has 7 aromatic carbocycles. The van der Waals surface area contributed by atoms with Crippen LogP contribution in [0.4, 0.5) is 5.69 Å². The Morgan fingerprint density at radius 3 is 1.74 bits per heavy atom. The van der Waals surface area contributed by atoms with Crippen molar-refractivity contribution >= 4 is 56.3 Å². The maximum Gasteiger partial charge on any atom is 0.212 e. The van der Waals surface area contributed by atoms with E-state index in [9.17, 15) is 10.5 Å². The summed E-state index contributed by atoms with van der Waals surface area (Å²) in [6.45, 7) is 8.50. The summed E-state index contributed by atoms with van der Waals surface area (Å²) in [5.41, 5.74) is 5.88. The van der Waals surface area contributed by atoms with Crippen molar-refractivity contribution in [3.8, 4) is 29.0 Å². The fraction of sp³-hybridized carbons (Fsp3) is 0. The highest BCUT2D eigenvalue weighted by molar-refractivity contribution is 7.20. The van der Waals surface area contributed by atoms with Crippen molar-refractivity contribution in [3.05, 3.63) is 192 Å². The molecule has 0 radical (unpaired) electrons. The molecule has 4 nitrogen and oxygen atoms in total. The van der Waals surface area contributed by atoms with E-state index in [-0.39, 0.29) is 0 Å². The monoisotopic (exact) mass is 652 g/mol. The van der Waals surface area contributed by atoms with Gasteiger partial charge in [-0.3, -0.25) is 0 Å². The lowest BCUT2D eigenvalue weighted by Gasteiger charge is -2.36. The summed E-state index contributed by atoms with van der Waals surface area (Å²) in [5.74, 6) is 0. The molecule has 0 fully saturated rings. The molecule has 0 aliphatic rings. The summed E-state index contributed by atoms with van der Waals surface area (Å²) in [7, 11) is -3.08. The van der Waals surface area contributed by atoms with Crippen LogP contribution in [-0.2, 0) is 0 Å². The van der Waals surface area contributed by atoms with Gasteiger partial charge in [-0.25, -0.2) is 4.85 Å². The number of nitriles is 2. The standard InChI is InChI=1S/C45H28N4Si/c1-48-45-34(31-47)25-27-43(50(36-16-5-2-6-17-36,37-18-7-3-8-19-37)38-20-9-4-10-21-38)44(45)33-14-13-15-35(29-33)49-41-23-12-11-22-39(41)40-28-32(30-46)24-26-42(40)49/h2-29H. The van der Waals surface area contributed by atoms with Crippen LogP contribution in [0.2, 0.25) is 0 Å². The van der Waals surface area contributed by atoms with Crippen LogP contribution in [0.1, 0.15) is 11.1 Å². The Balaban J connectivity index is 1.49. The molecule has 0 spiro atoms. The van der Waals surface area contributed by atoms with Gasteiger partial charge < -0.3 is 4.57 Å². The molecule has 8 aromatic rings. The van der Waals surface area contributed by atoms with E-state index in [0.29, 0.717) is 16.8 Å². The zero-order chi connectivity index (χ0) is 34.1. The molecule has 50 heavy (non-hydrogen) atoms. The SMILES string of the molecule is [C-]#[N+]c1c(C#N)ccc([Si](c2ccccc2)(c2ccccc2)c2ccccc2)c1-c1cccc(-n2c3ccccc3c3cc(C#N)ccc32)c1. The van der Waals surface area contributed by atoms with Crippen molar-refractivity contribution in [2.45, 2.75) is 0 Å². The van der Waals surface area contributed by atoms with Crippen molar-refractivity contribution in [2.75, 3.05) is 0 Å². The maximum atomic E-state index is 10.3. The van der Waals surface area contributed by atoms with Crippen LogP contribution < -0.4 is 20.7 Å². The highest BCUT2D eigenvalue weighted by Crippen LogP contribution is 2.37. The van der Waals surface area contributed by atoms with E-state index in [4.69, 9.17) is 6.57 Å². The molecule has 0 amide bonds. The largest absolute Gasteiger partial charge is 0.309 e. The van der Waals surface area contributed by atoms with Crippen LogP contribution in [-0.4, -0.2) is 12.6 Å². The number of rotatable bonds is 6. The van der Waals surface area contributed by atoms with E-state index in [1.807, 2.05) is 60.7 Å². The molecule has 0 saturated heterocycles. The zero-order valence-electron chi connectivity index (χ0n) is 27.0. The van der Waals surface area contributed by atoms with Gasteiger partial charge in [0.1, 0.15) is 0 Å². The third-order valence-electron chi connectivity index (χ3n) is 9.63. The Morgan fingerprint density at radius 2 is 1.14 bits per heavy atom. The second-order valence-electron chi connectivity index (χ2n) is 12.2. The normalized spacial score (nSPS) is 11.1. The first kappa shape index (κ1) is 30.4. The first-order valence-corrected chi connectivity index (χ1v) is 18.3. The Kier molecular flexibility index (Phi) is 7.63. The van der Waals surface area contributed by atoms with Crippen LogP contribution in [0.3, 0.4) is 0 Å². The topological polar surface area (TPSA) is 56.9 Å². The molecular weight excluding hydrogens is 625 g/mol. The van der Waals surface area contributed by atoms with Gasteiger partial charge in [-0.2, -0.15) is 10.5 Å². The van der Waals surface area contributed by atoms with Crippen molar-refractivity contribution in [1.82, 2.24) is 4.57 Å². The van der Waals surface area contributed by atoms with Crippen molar-refractivity contribution in [2.24, 2.45) is 0 Å². The molecule has 232 valence electrons.